The number of hydrogen-bond acceptors (Lipinski definition) is 2. The van der Waals surface area contributed by atoms with Gasteiger partial charge in [0.25, 0.3) is 0 Å². The van der Waals surface area contributed by atoms with E-state index in [2.05, 4.69) is 62.4 Å². The molecular formula is C14H24N2. The minimum absolute atomic E-state index is 0.440. The predicted octanol–water partition coefficient (Wildman–Crippen LogP) is 2.60. The number of likely N-dealkylation sites (N-methyl/N-ethyl adjacent to an activating group) is 1. The Morgan fingerprint density at radius 1 is 1.19 bits per heavy atom. The second-order valence-electron chi connectivity index (χ2n) is 4.68. The molecule has 1 N–H and O–H groups in total. The minimum Gasteiger partial charge on any atom is -0.309 e. The quantitative estimate of drug-likeness (QED) is 0.792. The summed E-state index contributed by atoms with van der Waals surface area (Å²) in [4.78, 5) is 2.23. The summed E-state index contributed by atoms with van der Waals surface area (Å²) in [6, 6.07) is 9.27. The summed E-state index contributed by atoms with van der Waals surface area (Å²) in [6.45, 7) is 6.45. The Hall–Kier alpha value is -0.860. The lowest BCUT2D eigenvalue weighted by Crippen LogP contribution is -2.31. The van der Waals surface area contributed by atoms with E-state index in [1.807, 2.05) is 0 Å². The molecule has 90 valence electrons. The van der Waals surface area contributed by atoms with Crippen molar-refractivity contribution in [1.29, 1.82) is 0 Å². The average Bonchev–Trinajstić information content (AvgIpc) is 2.25. The van der Waals surface area contributed by atoms with Crippen LogP contribution in [-0.4, -0.2) is 32.1 Å². The lowest BCUT2D eigenvalue weighted by atomic mass is 10.0. The minimum atomic E-state index is 0.440. The molecular weight excluding hydrogens is 196 g/mol. The van der Waals surface area contributed by atoms with Gasteiger partial charge in [-0.15, -0.1) is 0 Å². The molecule has 0 aliphatic heterocycles. The molecule has 0 saturated heterocycles. The van der Waals surface area contributed by atoms with Gasteiger partial charge in [0.15, 0.2) is 0 Å². The number of aryl methyl sites for hydroxylation is 1. The fourth-order valence-corrected chi connectivity index (χ4v) is 1.77. The van der Waals surface area contributed by atoms with Gasteiger partial charge in [-0.2, -0.15) is 0 Å². The summed E-state index contributed by atoms with van der Waals surface area (Å²) < 4.78 is 0. The normalized spacial score (nSPS) is 13.1. The zero-order valence-corrected chi connectivity index (χ0v) is 11.0. The first-order valence-electron chi connectivity index (χ1n) is 6.08. The summed E-state index contributed by atoms with van der Waals surface area (Å²) in [5.41, 5.74) is 2.70. The fourth-order valence-electron chi connectivity index (χ4n) is 1.77. The van der Waals surface area contributed by atoms with Crippen molar-refractivity contribution in [2.24, 2.45) is 0 Å². The van der Waals surface area contributed by atoms with Crippen molar-refractivity contribution in [2.45, 2.75) is 26.3 Å². The van der Waals surface area contributed by atoms with Gasteiger partial charge in [0, 0.05) is 12.6 Å². The van der Waals surface area contributed by atoms with Gasteiger partial charge in [-0.3, -0.25) is 0 Å². The van der Waals surface area contributed by atoms with Crippen LogP contribution in [0.4, 0.5) is 0 Å². The molecule has 0 radical (unpaired) electrons. The fraction of sp³-hybridized carbons (Fsp3) is 0.571. The Morgan fingerprint density at radius 2 is 1.81 bits per heavy atom. The molecule has 0 heterocycles. The predicted molar refractivity (Wildman–Crippen MR) is 70.8 cm³/mol. The third-order valence-electron chi connectivity index (χ3n) is 2.67. The zero-order valence-electron chi connectivity index (χ0n) is 11.0. The second kappa shape index (κ2) is 6.66. The van der Waals surface area contributed by atoms with Crippen LogP contribution < -0.4 is 5.32 Å². The van der Waals surface area contributed by atoms with Gasteiger partial charge < -0.3 is 10.2 Å². The third-order valence-corrected chi connectivity index (χ3v) is 2.67. The van der Waals surface area contributed by atoms with Crippen molar-refractivity contribution in [3.63, 3.8) is 0 Å². The van der Waals surface area contributed by atoms with E-state index < -0.39 is 0 Å². The molecule has 1 aromatic rings. The Bertz CT molecular complexity index is 290. The molecule has 1 aromatic carbocycles. The largest absolute Gasteiger partial charge is 0.309 e. The first kappa shape index (κ1) is 13.2. The number of rotatable bonds is 6. The maximum absolute atomic E-state index is 3.59. The highest BCUT2D eigenvalue weighted by Gasteiger charge is 2.10. The van der Waals surface area contributed by atoms with Crippen LogP contribution in [0.25, 0.3) is 0 Å². The molecule has 0 spiro atoms. The van der Waals surface area contributed by atoms with E-state index in [1.165, 1.54) is 17.5 Å². The van der Waals surface area contributed by atoms with Crippen LogP contribution in [0.15, 0.2) is 24.3 Å². The molecule has 1 unspecified atom stereocenters. The summed E-state index contributed by atoms with van der Waals surface area (Å²) in [5, 5.41) is 3.59. The molecule has 0 fully saturated rings. The number of hydrogen-bond donors (Lipinski definition) is 1. The van der Waals surface area contributed by atoms with E-state index in [4.69, 9.17) is 0 Å². The first-order valence-corrected chi connectivity index (χ1v) is 6.08. The standard InChI is InChI=1S/C14H24N2/c1-5-10-15-14(11-16(3)4)13-8-6-12(2)7-9-13/h6-9,14-15H,5,10-11H2,1-4H3. The maximum Gasteiger partial charge on any atom is 0.0449 e. The highest BCUT2D eigenvalue weighted by molar-refractivity contribution is 5.24. The van der Waals surface area contributed by atoms with Gasteiger partial charge in [-0.05, 0) is 39.5 Å². The Balaban J connectivity index is 2.70. The van der Waals surface area contributed by atoms with Crippen molar-refractivity contribution in [3.8, 4) is 0 Å². The Labute approximate surface area is 99.7 Å². The van der Waals surface area contributed by atoms with E-state index in [0.717, 1.165) is 13.1 Å². The number of nitrogens with one attached hydrogen (secondary N) is 1. The summed E-state index contributed by atoms with van der Waals surface area (Å²) in [6.07, 6.45) is 1.18. The van der Waals surface area contributed by atoms with Gasteiger partial charge in [-0.25, -0.2) is 0 Å². The highest BCUT2D eigenvalue weighted by atomic mass is 15.1. The van der Waals surface area contributed by atoms with Crippen molar-refractivity contribution in [3.05, 3.63) is 35.4 Å². The van der Waals surface area contributed by atoms with Gasteiger partial charge in [-0.1, -0.05) is 36.8 Å². The topological polar surface area (TPSA) is 15.3 Å². The van der Waals surface area contributed by atoms with E-state index in [9.17, 15) is 0 Å². The number of nitrogens with zero attached hydrogens (tertiary/aromatic N) is 1. The van der Waals surface area contributed by atoms with Gasteiger partial charge in [0.05, 0.1) is 0 Å². The van der Waals surface area contributed by atoms with Crippen LogP contribution in [0.3, 0.4) is 0 Å². The Morgan fingerprint density at radius 3 is 2.31 bits per heavy atom. The van der Waals surface area contributed by atoms with Gasteiger partial charge >= 0.3 is 0 Å². The molecule has 0 bridgehead atoms. The second-order valence-corrected chi connectivity index (χ2v) is 4.68. The molecule has 0 aromatic heterocycles. The maximum atomic E-state index is 3.59. The van der Waals surface area contributed by atoms with Crippen molar-refractivity contribution < 1.29 is 0 Å². The highest BCUT2D eigenvalue weighted by Crippen LogP contribution is 2.14. The van der Waals surface area contributed by atoms with Crippen LogP contribution in [0, 0.1) is 6.92 Å². The monoisotopic (exact) mass is 220 g/mol. The van der Waals surface area contributed by atoms with Crippen LogP contribution >= 0.6 is 0 Å². The molecule has 0 saturated carbocycles. The molecule has 1 rings (SSSR count). The van der Waals surface area contributed by atoms with E-state index in [0.29, 0.717) is 6.04 Å². The van der Waals surface area contributed by atoms with E-state index >= 15 is 0 Å². The van der Waals surface area contributed by atoms with Crippen molar-refractivity contribution in [1.82, 2.24) is 10.2 Å². The van der Waals surface area contributed by atoms with Gasteiger partial charge in [0.1, 0.15) is 0 Å². The SMILES string of the molecule is CCCNC(CN(C)C)c1ccc(C)cc1. The van der Waals surface area contributed by atoms with Crippen molar-refractivity contribution in [2.75, 3.05) is 27.2 Å². The molecule has 0 aliphatic carbocycles. The summed E-state index contributed by atoms with van der Waals surface area (Å²) in [7, 11) is 4.24. The molecule has 2 nitrogen and oxygen atoms in total. The van der Waals surface area contributed by atoms with E-state index in [-0.39, 0.29) is 0 Å². The lowest BCUT2D eigenvalue weighted by Gasteiger charge is -2.22. The average molecular weight is 220 g/mol. The molecule has 0 aliphatic rings. The van der Waals surface area contributed by atoms with Crippen LogP contribution in [0.1, 0.15) is 30.5 Å². The third kappa shape index (κ3) is 4.33. The smallest absolute Gasteiger partial charge is 0.0449 e. The van der Waals surface area contributed by atoms with Gasteiger partial charge in [0.2, 0.25) is 0 Å². The summed E-state index contributed by atoms with van der Waals surface area (Å²) >= 11 is 0. The van der Waals surface area contributed by atoms with Crippen molar-refractivity contribution >= 4 is 0 Å². The zero-order chi connectivity index (χ0) is 12.0. The van der Waals surface area contributed by atoms with E-state index in [1.54, 1.807) is 0 Å². The lowest BCUT2D eigenvalue weighted by molar-refractivity contribution is 0.342. The Kier molecular flexibility index (Phi) is 5.50. The molecule has 0 amide bonds. The number of benzene rings is 1. The van der Waals surface area contributed by atoms with Crippen LogP contribution in [0.5, 0.6) is 0 Å². The molecule has 16 heavy (non-hydrogen) atoms. The van der Waals surface area contributed by atoms with Crippen LogP contribution in [-0.2, 0) is 0 Å². The molecule has 2 heteroatoms. The van der Waals surface area contributed by atoms with Crippen LogP contribution in [0.2, 0.25) is 0 Å². The summed E-state index contributed by atoms with van der Waals surface area (Å²) in [5.74, 6) is 0. The molecule has 1 atom stereocenters. The first-order chi connectivity index (χ1) is 7.63.